The van der Waals surface area contributed by atoms with E-state index in [0.29, 0.717) is 17.9 Å². The zero-order valence-electron chi connectivity index (χ0n) is 10.7. The molecule has 1 aromatic heterocycles. The number of rotatable bonds is 5. The van der Waals surface area contributed by atoms with Crippen LogP contribution in [-0.2, 0) is 0 Å². The van der Waals surface area contributed by atoms with Crippen molar-refractivity contribution in [2.45, 2.75) is 13.3 Å². The molecule has 0 bridgehead atoms. The van der Waals surface area contributed by atoms with Gasteiger partial charge in [0, 0.05) is 17.8 Å². The largest absolute Gasteiger partial charge is 0.384 e. The predicted molar refractivity (Wildman–Crippen MR) is 68.9 cm³/mol. The van der Waals surface area contributed by atoms with E-state index in [2.05, 4.69) is 15.2 Å². The third kappa shape index (κ3) is 4.82. The Morgan fingerprint density at radius 3 is 2.76 bits per heavy atom. The summed E-state index contributed by atoms with van der Waals surface area (Å²) in [5, 5.41) is 2.86. The average Bonchev–Trinajstić information content (AvgIpc) is 2.22. The molecule has 1 heterocycles. The van der Waals surface area contributed by atoms with Crippen molar-refractivity contribution >= 4 is 11.7 Å². The summed E-state index contributed by atoms with van der Waals surface area (Å²) in [5.74, 6) is 0.282. The zero-order chi connectivity index (χ0) is 12.8. The summed E-state index contributed by atoms with van der Waals surface area (Å²) in [6.45, 7) is 3.44. The number of carbonyl (C=O) groups is 1. The topological polar surface area (TPSA) is 71.2 Å². The molecule has 0 saturated carbocycles. The van der Waals surface area contributed by atoms with E-state index in [9.17, 15) is 4.79 Å². The third-order valence-electron chi connectivity index (χ3n) is 2.30. The van der Waals surface area contributed by atoms with E-state index in [1.165, 1.54) is 0 Å². The quantitative estimate of drug-likeness (QED) is 0.736. The summed E-state index contributed by atoms with van der Waals surface area (Å²) in [6, 6.07) is 3.33. The molecule has 0 aliphatic carbocycles. The third-order valence-corrected chi connectivity index (χ3v) is 2.30. The smallest absolute Gasteiger partial charge is 0.251 e. The number of amides is 1. The van der Waals surface area contributed by atoms with Crippen LogP contribution in [0.3, 0.4) is 0 Å². The van der Waals surface area contributed by atoms with Gasteiger partial charge < -0.3 is 16.0 Å². The first kappa shape index (κ1) is 13.4. The Bertz CT molecular complexity index is 370. The molecular formula is C12H20N4O. The molecule has 1 aromatic rings. The second-order valence-electron chi connectivity index (χ2n) is 4.33. The van der Waals surface area contributed by atoms with Gasteiger partial charge >= 0.3 is 0 Å². The zero-order valence-corrected chi connectivity index (χ0v) is 10.7. The highest BCUT2D eigenvalue weighted by molar-refractivity contribution is 5.94. The van der Waals surface area contributed by atoms with Crippen LogP contribution in [0.25, 0.3) is 0 Å². The number of carbonyl (C=O) groups excluding carboxylic acids is 1. The van der Waals surface area contributed by atoms with Gasteiger partial charge in [-0.25, -0.2) is 4.98 Å². The molecule has 0 aromatic carbocycles. The number of nitrogen functional groups attached to an aromatic ring is 1. The molecule has 0 atom stereocenters. The van der Waals surface area contributed by atoms with Gasteiger partial charge in [0.25, 0.3) is 5.91 Å². The van der Waals surface area contributed by atoms with Crippen LogP contribution in [0.2, 0.25) is 0 Å². The highest BCUT2D eigenvalue weighted by Crippen LogP contribution is 2.06. The number of hydrogen-bond donors (Lipinski definition) is 2. The van der Waals surface area contributed by atoms with Gasteiger partial charge in [0.1, 0.15) is 5.82 Å². The molecule has 0 radical (unpaired) electrons. The van der Waals surface area contributed by atoms with Crippen LogP contribution in [0.4, 0.5) is 5.82 Å². The molecule has 0 spiro atoms. The van der Waals surface area contributed by atoms with E-state index >= 15 is 0 Å². The Morgan fingerprint density at radius 2 is 2.18 bits per heavy atom. The fraction of sp³-hybridized carbons (Fsp3) is 0.500. The lowest BCUT2D eigenvalue weighted by Crippen LogP contribution is -2.27. The van der Waals surface area contributed by atoms with E-state index in [1.54, 1.807) is 12.1 Å². The van der Waals surface area contributed by atoms with Gasteiger partial charge in [0.2, 0.25) is 0 Å². The lowest BCUT2D eigenvalue weighted by atomic mass is 10.2. The Balaban J connectivity index is 2.47. The Hall–Kier alpha value is -1.62. The Morgan fingerprint density at radius 1 is 1.47 bits per heavy atom. The standard InChI is InChI=1S/C12H20N4O/c1-9-7-10(8-11(13)15-9)12(17)14-5-4-6-16(2)3/h7-8H,4-6H2,1-3H3,(H2,13,15)(H,14,17). The van der Waals surface area contributed by atoms with Crippen molar-refractivity contribution in [1.82, 2.24) is 15.2 Å². The number of nitrogens with two attached hydrogens (primary N) is 1. The summed E-state index contributed by atoms with van der Waals surface area (Å²) >= 11 is 0. The molecule has 5 nitrogen and oxygen atoms in total. The van der Waals surface area contributed by atoms with E-state index in [-0.39, 0.29) is 5.91 Å². The van der Waals surface area contributed by atoms with Crippen LogP contribution in [0.5, 0.6) is 0 Å². The average molecular weight is 236 g/mol. The predicted octanol–water partition coefficient (Wildman–Crippen LogP) is 0.654. The van der Waals surface area contributed by atoms with Crippen LogP contribution >= 0.6 is 0 Å². The van der Waals surface area contributed by atoms with E-state index in [4.69, 9.17) is 5.73 Å². The minimum absolute atomic E-state index is 0.0963. The number of aromatic nitrogens is 1. The van der Waals surface area contributed by atoms with Gasteiger partial charge in [-0.15, -0.1) is 0 Å². The first-order valence-corrected chi connectivity index (χ1v) is 5.66. The van der Waals surface area contributed by atoms with Crippen molar-refractivity contribution < 1.29 is 4.79 Å². The maximum atomic E-state index is 11.8. The number of pyridine rings is 1. The molecule has 94 valence electrons. The van der Waals surface area contributed by atoms with E-state index in [0.717, 1.165) is 18.7 Å². The maximum absolute atomic E-state index is 11.8. The Kier molecular flexibility index (Phi) is 4.90. The SMILES string of the molecule is Cc1cc(C(=O)NCCCN(C)C)cc(N)n1. The lowest BCUT2D eigenvalue weighted by Gasteiger charge is -2.10. The van der Waals surface area contributed by atoms with Crippen molar-refractivity contribution in [2.75, 3.05) is 32.9 Å². The first-order valence-electron chi connectivity index (χ1n) is 5.66. The number of hydrogen-bond acceptors (Lipinski definition) is 4. The van der Waals surface area contributed by atoms with Crippen LogP contribution in [0, 0.1) is 6.92 Å². The van der Waals surface area contributed by atoms with Crippen LogP contribution in [0.1, 0.15) is 22.5 Å². The number of anilines is 1. The molecule has 17 heavy (non-hydrogen) atoms. The van der Waals surface area contributed by atoms with E-state index < -0.39 is 0 Å². The highest BCUT2D eigenvalue weighted by atomic mass is 16.1. The van der Waals surface area contributed by atoms with Gasteiger partial charge in [0.05, 0.1) is 0 Å². The molecule has 0 fully saturated rings. The molecular weight excluding hydrogens is 216 g/mol. The molecule has 0 unspecified atom stereocenters. The number of nitrogens with zero attached hydrogens (tertiary/aromatic N) is 2. The summed E-state index contributed by atoms with van der Waals surface area (Å²) in [5.41, 5.74) is 6.92. The molecule has 0 aliphatic rings. The van der Waals surface area contributed by atoms with Crippen molar-refractivity contribution in [2.24, 2.45) is 0 Å². The van der Waals surface area contributed by atoms with Gasteiger partial charge in [-0.2, -0.15) is 0 Å². The fourth-order valence-electron chi connectivity index (χ4n) is 1.52. The second-order valence-corrected chi connectivity index (χ2v) is 4.33. The first-order chi connectivity index (χ1) is 7.99. The summed E-state index contributed by atoms with van der Waals surface area (Å²) in [7, 11) is 4.02. The van der Waals surface area contributed by atoms with E-state index in [1.807, 2.05) is 21.0 Å². The van der Waals surface area contributed by atoms with Crippen molar-refractivity contribution in [3.05, 3.63) is 23.4 Å². The minimum Gasteiger partial charge on any atom is -0.384 e. The lowest BCUT2D eigenvalue weighted by molar-refractivity contribution is 0.0952. The van der Waals surface area contributed by atoms with Gasteiger partial charge in [-0.3, -0.25) is 4.79 Å². The number of aryl methyl sites for hydroxylation is 1. The second kappa shape index (κ2) is 6.20. The highest BCUT2D eigenvalue weighted by Gasteiger charge is 2.06. The van der Waals surface area contributed by atoms with Gasteiger partial charge in [-0.05, 0) is 46.1 Å². The molecule has 3 N–H and O–H groups in total. The molecule has 5 heteroatoms. The van der Waals surface area contributed by atoms with Crippen molar-refractivity contribution in [3.63, 3.8) is 0 Å². The molecule has 1 amide bonds. The summed E-state index contributed by atoms with van der Waals surface area (Å²) < 4.78 is 0. The maximum Gasteiger partial charge on any atom is 0.251 e. The van der Waals surface area contributed by atoms with Crippen LogP contribution in [0.15, 0.2) is 12.1 Å². The van der Waals surface area contributed by atoms with Crippen LogP contribution < -0.4 is 11.1 Å². The minimum atomic E-state index is -0.0963. The molecule has 0 aliphatic heterocycles. The molecule has 1 rings (SSSR count). The van der Waals surface area contributed by atoms with Crippen molar-refractivity contribution in [3.8, 4) is 0 Å². The van der Waals surface area contributed by atoms with Gasteiger partial charge in [0.15, 0.2) is 0 Å². The molecule has 0 saturated heterocycles. The fourth-order valence-corrected chi connectivity index (χ4v) is 1.52. The summed E-state index contributed by atoms with van der Waals surface area (Å²) in [6.07, 6.45) is 0.929. The van der Waals surface area contributed by atoms with Crippen LogP contribution in [-0.4, -0.2) is 43.0 Å². The number of nitrogens with one attached hydrogen (secondary N) is 1. The van der Waals surface area contributed by atoms with Crippen molar-refractivity contribution in [1.29, 1.82) is 0 Å². The monoisotopic (exact) mass is 236 g/mol. The normalized spacial score (nSPS) is 10.6. The summed E-state index contributed by atoms with van der Waals surface area (Å²) in [4.78, 5) is 17.9. The van der Waals surface area contributed by atoms with Gasteiger partial charge in [-0.1, -0.05) is 0 Å². The Labute approximate surface area is 102 Å².